The van der Waals surface area contributed by atoms with Crippen molar-refractivity contribution in [1.29, 1.82) is 0 Å². The fourth-order valence-corrected chi connectivity index (χ4v) is 4.49. The van der Waals surface area contributed by atoms with Gasteiger partial charge in [0, 0.05) is 22.2 Å². The Kier molecular flexibility index (Phi) is 10.4. The molecule has 1 heterocycles. The average molecular weight is 440 g/mol. The first kappa shape index (κ1) is 26.2. The van der Waals surface area contributed by atoms with Gasteiger partial charge in [0.2, 0.25) is 0 Å². The van der Waals surface area contributed by atoms with Gasteiger partial charge < -0.3 is 21.3 Å². The number of carbonyl (C=O) groups is 1. The molecule has 3 rings (SSSR count). The van der Waals surface area contributed by atoms with Gasteiger partial charge in [-0.1, -0.05) is 59.5 Å². The van der Waals surface area contributed by atoms with Gasteiger partial charge in [0.15, 0.2) is 0 Å². The molecule has 1 aliphatic heterocycles. The number of nitrogens with zero attached hydrogens (tertiary/aromatic N) is 1. The monoisotopic (exact) mass is 439 g/mol. The standard InChI is InChI=1S/C22H21Cl2NOS.CH3.Li/c1-3-14(4-2)16(19-13-15(23)9-10-20(19)24)11-12-25-21(26)17-7-5-6-8-18(17)22(25)27;;/h5-10,13-14,16H,1-4,11-12H2;1H3;/q-2;-1;+1/t16-;;/m1../s1. The third-order valence-electron chi connectivity index (χ3n) is 5.21. The van der Waals surface area contributed by atoms with Crippen molar-refractivity contribution in [2.24, 2.45) is 5.92 Å². The van der Waals surface area contributed by atoms with E-state index in [2.05, 4.69) is 13.8 Å². The summed E-state index contributed by atoms with van der Waals surface area (Å²) < 4.78 is 0. The summed E-state index contributed by atoms with van der Waals surface area (Å²) in [6.45, 7) is 8.67. The van der Waals surface area contributed by atoms with E-state index in [-0.39, 0.29) is 44.0 Å². The Morgan fingerprint density at radius 3 is 2.24 bits per heavy atom. The molecule has 150 valence electrons. The van der Waals surface area contributed by atoms with Crippen molar-refractivity contribution in [3.8, 4) is 0 Å². The van der Waals surface area contributed by atoms with E-state index < -0.39 is 0 Å². The Hall–Kier alpha value is -0.823. The molecule has 2 aromatic rings. The van der Waals surface area contributed by atoms with Crippen molar-refractivity contribution in [1.82, 2.24) is 4.90 Å². The molecular weight excluding hydrogens is 416 g/mol. The van der Waals surface area contributed by atoms with Crippen LogP contribution in [0.4, 0.5) is 0 Å². The van der Waals surface area contributed by atoms with Gasteiger partial charge in [-0.25, -0.2) is 0 Å². The van der Waals surface area contributed by atoms with Crippen LogP contribution < -0.4 is 18.9 Å². The van der Waals surface area contributed by atoms with E-state index in [9.17, 15) is 4.79 Å². The summed E-state index contributed by atoms with van der Waals surface area (Å²) in [6, 6.07) is 13.0. The van der Waals surface area contributed by atoms with Crippen molar-refractivity contribution in [2.45, 2.75) is 25.2 Å². The van der Waals surface area contributed by atoms with Crippen LogP contribution in [0.15, 0.2) is 42.5 Å². The zero-order valence-corrected chi connectivity index (χ0v) is 19.3. The summed E-state index contributed by atoms with van der Waals surface area (Å²) in [5.41, 5.74) is 2.49. The van der Waals surface area contributed by atoms with Gasteiger partial charge in [0.25, 0.3) is 5.91 Å². The van der Waals surface area contributed by atoms with E-state index in [1.54, 1.807) is 11.0 Å². The van der Waals surface area contributed by atoms with Crippen LogP contribution in [0.2, 0.25) is 10.0 Å². The molecule has 0 N–H and O–H groups in total. The van der Waals surface area contributed by atoms with Crippen LogP contribution in [0.3, 0.4) is 0 Å². The summed E-state index contributed by atoms with van der Waals surface area (Å²) in [7, 11) is 0. The van der Waals surface area contributed by atoms with Crippen molar-refractivity contribution < 1.29 is 23.7 Å². The van der Waals surface area contributed by atoms with E-state index >= 15 is 0 Å². The Labute approximate surface area is 202 Å². The van der Waals surface area contributed by atoms with Crippen LogP contribution in [0.1, 0.15) is 46.7 Å². The largest absolute Gasteiger partial charge is 1.00 e. The molecular formula is C23H24Cl2LiNOS-2. The first-order chi connectivity index (χ1) is 13.0. The second kappa shape index (κ2) is 11.5. The third-order valence-corrected chi connectivity index (χ3v) is 6.23. The van der Waals surface area contributed by atoms with Gasteiger partial charge in [-0.2, -0.15) is 12.8 Å². The normalized spacial score (nSPS) is 13.8. The fourth-order valence-electron chi connectivity index (χ4n) is 3.70. The zero-order valence-electron chi connectivity index (χ0n) is 17.0. The molecule has 0 unspecified atom stereocenters. The summed E-state index contributed by atoms with van der Waals surface area (Å²) >= 11 is 18.2. The van der Waals surface area contributed by atoms with E-state index in [1.807, 2.05) is 36.4 Å². The summed E-state index contributed by atoms with van der Waals surface area (Å²) in [5.74, 6) is 0.312. The maximum absolute atomic E-state index is 12.8. The van der Waals surface area contributed by atoms with Gasteiger partial charge in [-0.3, -0.25) is 9.69 Å². The van der Waals surface area contributed by atoms with E-state index in [0.29, 0.717) is 27.1 Å². The molecule has 0 radical (unpaired) electrons. The van der Waals surface area contributed by atoms with E-state index in [0.717, 1.165) is 30.4 Å². The van der Waals surface area contributed by atoms with Gasteiger partial charge in [0.1, 0.15) is 4.99 Å². The van der Waals surface area contributed by atoms with Crippen LogP contribution in [0, 0.1) is 27.2 Å². The first-order valence-electron chi connectivity index (χ1n) is 8.96. The smallest absolute Gasteiger partial charge is 0.358 e. The molecule has 0 saturated carbocycles. The molecule has 0 fully saturated rings. The topological polar surface area (TPSA) is 20.3 Å². The minimum atomic E-state index is -0.0349. The number of fused-ring (bicyclic) bond motifs is 1. The molecule has 0 aromatic heterocycles. The molecule has 1 amide bonds. The van der Waals surface area contributed by atoms with Crippen LogP contribution in [-0.2, 0) is 0 Å². The SMILES string of the molecule is [CH2-]CC(C[CH2-])[C@@H](CCN1C(=O)c2ccccc2C1=S)c1cc(Cl)ccc1Cl.[CH3-].[Li+]. The number of carbonyl (C=O) groups excluding carboxylic acids is 1. The molecule has 0 spiro atoms. The number of thiocarbonyl (C=S) groups is 1. The first-order valence-corrected chi connectivity index (χ1v) is 10.1. The minimum Gasteiger partial charge on any atom is -0.358 e. The Balaban J connectivity index is 0.00000210. The Morgan fingerprint density at radius 2 is 1.66 bits per heavy atom. The molecule has 29 heavy (non-hydrogen) atoms. The number of hydrogen-bond acceptors (Lipinski definition) is 2. The second-order valence-corrected chi connectivity index (χ2v) is 7.94. The van der Waals surface area contributed by atoms with Crippen LogP contribution in [0.5, 0.6) is 0 Å². The summed E-state index contributed by atoms with van der Waals surface area (Å²) in [4.78, 5) is 15.0. The summed E-state index contributed by atoms with van der Waals surface area (Å²) in [5, 5.41) is 1.32. The van der Waals surface area contributed by atoms with Crippen LogP contribution >= 0.6 is 35.4 Å². The van der Waals surface area contributed by atoms with Crippen molar-refractivity contribution in [3.05, 3.63) is 90.5 Å². The second-order valence-electron chi connectivity index (χ2n) is 6.71. The minimum absolute atomic E-state index is 0. The molecule has 2 aromatic carbocycles. The maximum Gasteiger partial charge on any atom is 1.00 e. The molecule has 6 heteroatoms. The zero-order chi connectivity index (χ0) is 19.6. The predicted octanol–water partition coefficient (Wildman–Crippen LogP) is 3.82. The number of halogens is 2. The molecule has 0 bridgehead atoms. The van der Waals surface area contributed by atoms with Gasteiger partial charge >= 0.3 is 18.9 Å². The van der Waals surface area contributed by atoms with E-state index in [1.165, 1.54) is 0 Å². The Bertz CT molecular complexity index is 835. The van der Waals surface area contributed by atoms with Gasteiger partial charge in [-0.05, 0) is 42.2 Å². The molecule has 1 aliphatic rings. The molecule has 0 aliphatic carbocycles. The molecule has 2 nitrogen and oxygen atoms in total. The number of amides is 1. The molecule has 1 atom stereocenters. The van der Waals surface area contributed by atoms with Crippen molar-refractivity contribution in [3.63, 3.8) is 0 Å². The molecule has 0 saturated heterocycles. The van der Waals surface area contributed by atoms with Gasteiger partial charge in [0.05, 0.1) is 5.56 Å². The quantitative estimate of drug-likeness (QED) is 0.371. The maximum atomic E-state index is 12.8. The fraction of sp³-hybridized carbons (Fsp3) is 0.261. The van der Waals surface area contributed by atoms with Crippen LogP contribution in [-0.4, -0.2) is 22.3 Å². The van der Waals surface area contributed by atoms with E-state index in [4.69, 9.17) is 35.4 Å². The van der Waals surface area contributed by atoms with Crippen molar-refractivity contribution >= 4 is 46.3 Å². The number of hydrogen-bond donors (Lipinski definition) is 0. The van der Waals surface area contributed by atoms with Crippen molar-refractivity contribution in [2.75, 3.05) is 6.54 Å². The Morgan fingerprint density at radius 1 is 1.03 bits per heavy atom. The van der Waals surface area contributed by atoms with Gasteiger partial charge in [-0.15, -0.1) is 0 Å². The predicted molar refractivity (Wildman–Crippen MR) is 123 cm³/mol. The number of rotatable bonds is 7. The number of benzene rings is 2. The average Bonchev–Trinajstić information content (AvgIpc) is 2.92. The third kappa shape index (κ3) is 5.46. The van der Waals surface area contributed by atoms with Crippen LogP contribution in [0.25, 0.3) is 0 Å². The summed E-state index contributed by atoms with van der Waals surface area (Å²) in [6.07, 6.45) is 2.18.